The van der Waals surface area contributed by atoms with Gasteiger partial charge in [0.05, 0.1) is 6.10 Å². The van der Waals surface area contributed by atoms with Gasteiger partial charge in [-0.15, -0.1) is 11.8 Å². The minimum atomic E-state index is -1.11. The molecule has 9 heteroatoms. The summed E-state index contributed by atoms with van der Waals surface area (Å²) in [6.45, 7) is 3.77. The average molecular weight is 361 g/mol. The van der Waals surface area contributed by atoms with Crippen molar-refractivity contribution in [2.75, 3.05) is 17.6 Å². The van der Waals surface area contributed by atoms with E-state index in [4.69, 9.17) is 5.11 Å². The van der Waals surface area contributed by atoms with Gasteiger partial charge >= 0.3 is 12.0 Å². The Bertz CT molecular complexity index is 520. The second kappa shape index (κ2) is 10.5. The average Bonchev–Trinajstić information content (AvgIpc) is 2.87. The Labute approximate surface area is 144 Å². The number of nitrogens with zero attached hydrogens (tertiary/aromatic N) is 1. The summed E-state index contributed by atoms with van der Waals surface area (Å²) in [6.07, 6.45) is 3.77. The van der Waals surface area contributed by atoms with E-state index in [2.05, 4.69) is 21.9 Å². The molecule has 0 saturated heterocycles. The van der Waals surface area contributed by atoms with E-state index in [1.165, 1.54) is 18.2 Å². The second-order valence-corrected chi connectivity index (χ2v) is 6.95. The molecule has 0 bridgehead atoms. The fourth-order valence-electron chi connectivity index (χ4n) is 1.73. The molecule has 1 rings (SSSR count). The van der Waals surface area contributed by atoms with Gasteiger partial charge in [-0.3, -0.25) is 5.32 Å². The Morgan fingerprint density at radius 1 is 1.35 bits per heavy atom. The van der Waals surface area contributed by atoms with Crippen LogP contribution < -0.4 is 10.6 Å². The molecule has 1 atom stereocenters. The minimum absolute atomic E-state index is 0.0303. The molecule has 23 heavy (non-hydrogen) atoms. The first-order chi connectivity index (χ1) is 11.0. The number of carbonyl (C=O) groups excluding carboxylic acids is 1. The van der Waals surface area contributed by atoms with Crippen molar-refractivity contribution in [3.8, 4) is 0 Å². The van der Waals surface area contributed by atoms with E-state index in [0.717, 1.165) is 36.5 Å². The Morgan fingerprint density at radius 2 is 2.09 bits per heavy atom. The number of amides is 2. The molecule has 1 heterocycles. The Hall–Kier alpha value is -1.32. The van der Waals surface area contributed by atoms with E-state index in [-0.39, 0.29) is 17.1 Å². The summed E-state index contributed by atoms with van der Waals surface area (Å²) in [5, 5.41) is 24.0. The molecule has 4 N–H and O–H groups in total. The maximum atomic E-state index is 11.7. The fraction of sp³-hybridized carbons (Fsp3) is 0.643. The summed E-state index contributed by atoms with van der Waals surface area (Å²) >= 11 is 2.35. The zero-order chi connectivity index (χ0) is 17.2. The van der Waals surface area contributed by atoms with Crippen LogP contribution in [0.5, 0.6) is 0 Å². The van der Waals surface area contributed by atoms with Gasteiger partial charge in [0.15, 0.2) is 0 Å². The third kappa shape index (κ3) is 7.19. The van der Waals surface area contributed by atoms with E-state index in [1.807, 2.05) is 0 Å². The Kier molecular flexibility index (Phi) is 8.97. The van der Waals surface area contributed by atoms with E-state index in [1.54, 1.807) is 6.92 Å². The number of aromatic carboxylic acids is 1. The number of carboxylic acids is 1. The number of aliphatic hydroxyl groups excluding tert-OH is 1. The molecule has 130 valence electrons. The van der Waals surface area contributed by atoms with Gasteiger partial charge in [0, 0.05) is 6.54 Å². The third-order valence-electron chi connectivity index (χ3n) is 2.90. The van der Waals surface area contributed by atoms with Crippen LogP contribution in [0.4, 0.5) is 9.80 Å². The first-order valence-corrected chi connectivity index (χ1v) is 9.30. The van der Waals surface area contributed by atoms with Crippen LogP contribution in [-0.2, 0) is 0 Å². The zero-order valence-electron chi connectivity index (χ0n) is 13.3. The van der Waals surface area contributed by atoms with Crippen LogP contribution in [0.25, 0.3) is 0 Å². The fourth-order valence-corrected chi connectivity index (χ4v) is 3.68. The van der Waals surface area contributed by atoms with Crippen molar-refractivity contribution >= 4 is 40.3 Å². The lowest BCUT2D eigenvalue weighted by atomic mass is 10.2. The molecule has 0 aliphatic rings. The predicted molar refractivity (Wildman–Crippen MR) is 92.6 cm³/mol. The summed E-state index contributed by atoms with van der Waals surface area (Å²) < 4.78 is 4.14. The lowest BCUT2D eigenvalue weighted by Gasteiger charge is -2.08. The van der Waals surface area contributed by atoms with Crippen molar-refractivity contribution in [3.05, 3.63) is 5.56 Å². The molecule has 0 fully saturated rings. The number of hydrogen-bond acceptors (Lipinski definition) is 6. The molecular formula is C14H23N3O4S2. The van der Waals surface area contributed by atoms with E-state index < -0.39 is 18.1 Å². The highest BCUT2D eigenvalue weighted by atomic mass is 32.2. The number of anilines is 1. The Morgan fingerprint density at radius 3 is 2.70 bits per heavy atom. The number of carboxylic acid groups (broad SMARTS) is 1. The molecule has 0 aromatic carbocycles. The van der Waals surface area contributed by atoms with Crippen LogP contribution in [0.3, 0.4) is 0 Å². The number of hydrogen-bond donors (Lipinski definition) is 4. The maximum Gasteiger partial charge on any atom is 0.341 e. The second-order valence-electron chi connectivity index (χ2n) is 5.09. The van der Waals surface area contributed by atoms with Crippen LogP contribution in [0.2, 0.25) is 0 Å². The molecule has 0 aliphatic carbocycles. The standard InChI is InChI=1S/C14H23N3O4S2/c1-3-4-5-6-7-22-12-10(13(19)20)11(23-17-12)16-14(21)15-8-9(2)18/h9,18H,3-8H2,1-2H3,(H,19,20)(H2,15,16,21). The van der Waals surface area contributed by atoms with E-state index in [0.29, 0.717) is 5.03 Å². The molecule has 2 amide bonds. The van der Waals surface area contributed by atoms with Gasteiger partial charge in [-0.1, -0.05) is 26.2 Å². The SMILES string of the molecule is CCCCCCSc1nsc(NC(=O)NCC(C)O)c1C(=O)O. The van der Waals surface area contributed by atoms with Crippen molar-refractivity contribution in [2.45, 2.75) is 50.7 Å². The monoisotopic (exact) mass is 361 g/mol. The van der Waals surface area contributed by atoms with Crippen molar-refractivity contribution in [3.63, 3.8) is 0 Å². The summed E-state index contributed by atoms with van der Waals surface area (Å²) in [5.74, 6) is -0.307. The molecule has 0 spiro atoms. The van der Waals surface area contributed by atoms with Crippen molar-refractivity contribution in [1.29, 1.82) is 0 Å². The molecule has 1 aromatic heterocycles. The van der Waals surface area contributed by atoms with Gasteiger partial charge < -0.3 is 15.5 Å². The smallest absolute Gasteiger partial charge is 0.341 e. The normalized spacial score (nSPS) is 12.0. The predicted octanol–water partition coefficient (Wildman–Crippen LogP) is 3.02. The highest BCUT2D eigenvalue weighted by molar-refractivity contribution is 7.99. The number of nitrogens with one attached hydrogen (secondary N) is 2. The molecule has 0 radical (unpaired) electrons. The third-order valence-corrected chi connectivity index (χ3v) is 4.84. The molecule has 1 unspecified atom stereocenters. The molecular weight excluding hydrogens is 338 g/mol. The van der Waals surface area contributed by atoms with Crippen molar-refractivity contribution in [2.24, 2.45) is 0 Å². The zero-order valence-corrected chi connectivity index (χ0v) is 14.9. The van der Waals surface area contributed by atoms with Gasteiger partial charge in [-0.2, -0.15) is 4.37 Å². The highest BCUT2D eigenvalue weighted by Crippen LogP contribution is 2.32. The maximum absolute atomic E-state index is 11.7. The van der Waals surface area contributed by atoms with Crippen LogP contribution in [0.1, 0.15) is 49.9 Å². The summed E-state index contributed by atoms with van der Waals surface area (Å²) in [4.78, 5) is 23.1. The van der Waals surface area contributed by atoms with Crippen molar-refractivity contribution < 1.29 is 19.8 Å². The van der Waals surface area contributed by atoms with Gasteiger partial charge in [0.25, 0.3) is 0 Å². The number of urea groups is 1. The molecule has 0 aliphatic heterocycles. The van der Waals surface area contributed by atoms with Crippen LogP contribution >= 0.6 is 23.3 Å². The van der Waals surface area contributed by atoms with E-state index in [9.17, 15) is 14.7 Å². The lowest BCUT2D eigenvalue weighted by Crippen LogP contribution is -2.34. The van der Waals surface area contributed by atoms with Gasteiger partial charge in [-0.25, -0.2) is 9.59 Å². The van der Waals surface area contributed by atoms with Crippen LogP contribution in [-0.4, -0.2) is 45.0 Å². The quantitative estimate of drug-likeness (QED) is 0.376. The Balaban J connectivity index is 2.63. The van der Waals surface area contributed by atoms with Crippen LogP contribution in [0, 0.1) is 0 Å². The highest BCUT2D eigenvalue weighted by Gasteiger charge is 2.22. The topological polar surface area (TPSA) is 112 Å². The number of aliphatic hydroxyl groups is 1. The number of unbranched alkanes of at least 4 members (excludes halogenated alkanes) is 3. The molecule has 1 aromatic rings. The van der Waals surface area contributed by atoms with Crippen LogP contribution in [0.15, 0.2) is 5.03 Å². The number of rotatable bonds is 10. The van der Waals surface area contributed by atoms with Gasteiger partial charge in [0.2, 0.25) is 0 Å². The summed E-state index contributed by atoms with van der Waals surface area (Å²) in [6, 6.07) is -0.559. The van der Waals surface area contributed by atoms with Gasteiger partial charge in [0.1, 0.15) is 15.6 Å². The largest absolute Gasteiger partial charge is 0.477 e. The number of thioether (sulfide) groups is 1. The summed E-state index contributed by atoms with van der Waals surface area (Å²) in [7, 11) is 0. The number of carbonyl (C=O) groups is 2. The first kappa shape index (κ1) is 19.7. The molecule has 7 nitrogen and oxygen atoms in total. The lowest BCUT2D eigenvalue weighted by molar-refractivity contribution is 0.0694. The van der Waals surface area contributed by atoms with Crippen molar-refractivity contribution in [1.82, 2.24) is 9.69 Å². The minimum Gasteiger partial charge on any atom is -0.477 e. The van der Waals surface area contributed by atoms with Gasteiger partial charge in [-0.05, 0) is 30.6 Å². The first-order valence-electron chi connectivity index (χ1n) is 7.54. The summed E-state index contributed by atoms with van der Waals surface area (Å²) in [5.41, 5.74) is 0.0303. The van der Waals surface area contributed by atoms with E-state index >= 15 is 0 Å². The molecule has 0 saturated carbocycles. The number of aromatic nitrogens is 1.